The van der Waals surface area contributed by atoms with E-state index in [1.165, 1.54) is 0 Å². The van der Waals surface area contributed by atoms with Gasteiger partial charge < -0.3 is 9.88 Å². The van der Waals surface area contributed by atoms with Gasteiger partial charge in [0.1, 0.15) is 11.9 Å². The van der Waals surface area contributed by atoms with Crippen molar-refractivity contribution in [2.24, 2.45) is 5.41 Å². The smallest absolute Gasteiger partial charge is 0.162 e. The number of Topliss-reactive ketones (excluding diaryl/α,β-unsaturated/α-hetero) is 1. The topological polar surface area (TPSA) is 57.8 Å². The van der Waals surface area contributed by atoms with E-state index >= 15 is 0 Å². The number of hydrogen-bond acceptors (Lipinski definition) is 3. The summed E-state index contributed by atoms with van der Waals surface area (Å²) in [5.74, 6) is 0.932. The first-order chi connectivity index (χ1) is 13.5. The fraction of sp³-hybridized carbons (Fsp3) is 0.440. The van der Waals surface area contributed by atoms with Crippen molar-refractivity contribution in [3.63, 3.8) is 0 Å². The summed E-state index contributed by atoms with van der Waals surface area (Å²) in [5.41, 5.74) is 5.39. The SMILES string of the molecule is Cc1cccc([C@@H]2C3=C(CC(C)(C)CC3=O)Nc3c2c(C#N)cn3C(C)(C)C)c1. The number of carbonyl (C=O) groups is 1. The first-order valence-electron chi connectivity index (χ1n) is 10.3. The third kappa shape index (κ3) is 3.19. The average Bonchev–Trinajstić information content (AvgIpc) is 2.97. The maximum atomic E-state index is 13.3. The van der Waals surface area contributed by atoms with Crippen LogP contribution in [0.25, 0.3) is 0 Å². The lowest BCUT2D eigenvalue weighted by Gasteiger charge is -2.40. The summed E-state index contributed by atoms with van der Waals surface area (Å²) in [6, 6.07) is 10.7. The number of nitrogens with one attached hydrogen (secondary N) is 1. The van der Waals surface area contributed by atoms with Gasteiger partial charge in [-0.25, -0.2) is 0 Å². The number of benzene rings is 1. The second-order valence-corrected chi connectivity index (χ2v) is 10.3. The summed E-state index contributed by atoms with van der Waals surface area (Å²) in [6.07, 6.45) is 3.30. The third-order valence-electron chi connectivity index (χ3n) is 6.03. The molecule has 29 heavy (non-hydrogen) atoms. The molecule has 1 atom stereocenters. The van der Waals surface area contributed by atoms with Gasteiger partial charge in [-0.05, 0) is 45.1 Å². The first kappa shape index (κ1) is 19.5. The van der Waals surface area contributed by atoms with E-state index in [4.69, 9.17) is 0 Å². The summed E-state index contributed by atoms with van der Waals surface area (Å²) in [6.45, 7) is 12.8. The molecule has 0 bridgehead atoms. The molecule has 0 spiro atoms. The molecule has 1 aliphatic carbocycles. The Morgan fingerprint density at radius 3 is 2.59 bits per heavy atom. The Morgan fingerprint density at radius 1 is 1.24 bits per heavy atom. The number of fused-ring (bicyclic) bond motifs is 1. The first-order valence-corrected chi connectivity index (χ1v) is 10.3. The normalized spacial score (nSPS) is 20.6. The number of aryl methyl sites for hydroxylation is 1. The molecule has 1 aromatic heterocycles. The number of allylic oxidation sites excluding steroid dienone is 2. The van der Waals surface area contributed by atoms with Crippen LogP contribution in [-0.4, -0.2) is 10.4 Å². The van der Waals surface area contributed by atoms with E-state index in [1.54, 1.807) is 0 Å². The van der Waals surface area contributed by atoms with Crippen molar-refractivity contribution in [1.29, 1.82) is 5.26 Å². The number of nitrogens with zero attached hydrogens (tertiary/aromatic N) is 2. The van der Waals surface area contributed by atoms with Crippen LogP contribution >= 0.6 is 0 Å². The van der Waals surface area contributed by atoms with Crippen LogP contribution in [0.5, 0.6) is 0 Å². The molecule has 0 saturated heterocycles. The molecule has 0 amide bonds. The molecule has 4 heteroatoms. The molecule has 2 aliphatic rings. The van der Waals surface area contributed by atoms with Gasteiger partial charge in [-0.1, -0.05) is 43.7 Å². The molecule has 1 N–H and O–H groups in total. The molecular weight excluding hydrogens is 358 g/mol. The van der Waals surface area contributed by atoms with Crippen LogP contribution in [0.2, 0.25) is 0 Å². The van der Waals surface area contributed by atoms with Crippen LogP contribution in [-0.2, 0) is 10.3 Å². The van der Waals surface area contributed by atoms with Gasteiger partial charge in [0.25, 0.3) is 0 Å². The zero-order valence-electron chi connectivity index (χ0n) is 18.2. The fourth-order valence-corrected chi connectivity index (χ4v) is 4.81. The minimum Gasteiger partial charge on any atom is -0.344 e. The Kier molecular flexibility index (Phi) is 4.27. The van der Waals surface area contributed by atoms with Gasteiger partial charge in [-0.2, -0.15) is 5.26 Å². The van der Waals surface area contributed by atoms with E-state index in [1.807, 2.05) is 12.3 Å². The number of ketones is 1. The Hall–Kier alpha value is -2.80. The van der Waals surface area contributed by atoms with Gasteiger partial charge in [0.2, 0.25) is 0 Å². The fourth-order valence-electron chi connectivity index (χ4n) is 4.81. The van der Waals surface area contributed by atoms with Crippen molar-refractivity contribution in [2.45, 2.75) is 65.8 Å². The zero-order valence-corrected chi connectivity index (χ0v) is 18.2. The number of carbonyl (C=O) groups excluding carboxylic acids is 1. The summed E-state index contributed by atoms with van der Waals surface area (Å²) in [4.78, 5) is 13.3. The van der Waals surface area contributed by atoms with Crippen molar-refractivity contribution < 1.29 is 4.79 Å². The summed E-state index contributed by atoms with van der Waals surface area (Å²) < 4.78 is 2.15. The number of hydrogen-bond donors (Lipinski definition) is 1. The van der Waals surface area contributed by atoms with E-state index in [-0.39, 0.29) is 22.7 Å². The van der Waals surface area contributed by atoms with Crippen molar-refractivity contribution in [3.05, 3.63) is 64.0 Å². The summed E-state index contributed by atoms with van der Waals surface area (Å²) in [7, 11) is 0. The van der Waals surface area contributed by atoms with Crippen LogP contribution in [0.15, 0.2) is 41.7 Å². The van der Waals surface area contributed by atoms with Crippen molar-refractivity contribution >= 4 is 11.6 Å². The molecule has 4 nitrogen and oxygen atoms in total. The highest BCUT2D eigenvalue weighted by atomic mass is 16.1. The third-order valence-corrected chi connectivity index (χ3v) is 6.03. The maximum absolute atomic E-state index is 13.3. The quantitative estimate of drug-likeness (QED) is 0.690. The standard InChI is InChI=1S/C25H29N3O/c1-15-8-7-9-16(10-15)20-21-17(13-26)14-28(24(2,3)4)23(21)27-18-11-25(5,6)12-19(29)22(18)20/h7-10,14,20,27H,11-12H2,1-6H3/t20-/m0/s1. The number of aromatic nitrogens is 1. The van der Waals surface area contributed by atoms with E-state index < -0.39 is 0 Å². The van der Waals surface area contributed by atoms with E-state index in [9.17, 15) is 10.1 Å². The van der Waals surface area contributed by atoms with Gasteiger partial charge in [0.05, 0.1) is 5.56 Å². The lowest BCUT2D eigenvalue weighted by atomic mass is 9.69. The van der Waals surface area contributed by atoms with Gasteiger partial charge >= 0.3 is 0 Å². The number of nitriles is 1. The monoisotopic (exact) mass is 387 g/mol. The molecule has 150 valence electrons. The maximum Gasteiger partial charge on any atom is 0.162 e. The Morgan fingerprint density at radius 2 is 1.97 bits per heavy atom. The molecule has 0 saturated carbocycles. The van der Waals surface area contributed by atoms with Crippen molar-refractivity contribution in [3.8, 4) is 6.07 Å². The van der Waals surface area contributed by atoms with Crippen molar-refractivity contribution in [2.75, 3.05) is 5.32 Å². The predicted octanol–water partition coefficient (Wildman–Crippen LogP) is 5.62. The molecule has 0 radical (unpaired) electrons. The zero-order chi connectivity index (χ0) is 21.1. The average molecular weight is 388 g/mol. The minimum atomic E-state index is -0.206. The molecule has 2 aromatic rings. The van der Waals surface area contributed by atoms with Gasteiger partial charge in [-0.3, -0.25) is 4.79 Å². The van der Waals surface area contributed by atoms with Crippen molar-refractivity contribution in [1.82, 2.24) is 4.57 Å². The predicted molar refractivity (Wildman–Crippen MR) is 116 cm³/mol. The molecule has 4 rings (SSSR count). The number of rotatable bonds is 1. The highest BCUT2D eigenvalue weighted by molar-refractivity contribution is 6.01. The summed E-state index contributed by atoms with van der Waals surface area (Å²) >= 11 is 0. The molecular formula is C25H29N3O. The lowest BCUT2D eigenvalue weighted by molar-refractivity contribution is -0.118. The number of anilines is 1. The van der Waals surface area contributed by atoms with Gasteiger partial charge in [-0.15, -0.1) is 0 Å². The largest absolute Gasteiger partial charge is 0.344 e. The second kappa shape index (κ2) is 6.35. The van der Waals surface area contributed by atoms with Crippen LogP contribution in [0.1, 0.15) is 75.6 Å². The van der Waals surface area contributed by atoms with Gasteiger partial charge in [0.15, 0.2) is 5.78 Å². The van der Waals surface area contributed by atoms with Crippen LogP contribution in [0.4, 0.5) is 5.82 Å². The molecule has 1 aliphatic heterocycles. The Labute approximate surface area is 173 Å². The van der Waals surface area contributed by atoms with Crippen LogP contribution in [0, 0.1) is 23.7 Å². The van der Waals surface area contributed by atoms with E-state index in [2.05, 4.69) is 75.7 Å². The second-order valence-electron chi connectivity index (χ2n) is 10.3. The van der Waals surface area contributed by atoms with Crippen LogP contribution < -0.4 is 5.32 Å². The lowest BCUT2D eigenvalue weighted by Crippen LogP contribution is -2.35. The van der Waals surface area contributed by atoms with Gasteiger partial charge in [0, 0.05) is 40.9 Å². The van der Waals surface area contributed by atoms with Crippen LogP contribution in [0.3, 0.4) is 0 Å². The van der Waals surface area contributed by atoms with E-state index in [0.717, 1.165) is 40.2 Å². The highest BCUT2D eigenvalue weighted by Gasteiger charge is 2.43. The molecule has 0 fully saturated rings. The minimum absolute atomic E-state index is 0.0746. The summed E-state index contributed by atoms with van der Waals surface area (Å²) in [5, 5.41) is 13.5. The highest BCUT2D eigenvalue weighted by Crippen LogP contribution is 2.51. The molecule has 2 heterocycles. The molecule has 0 unspecified atom stereocenters. The Balaban J connectivity index is 2.04. The molecule has 1 aromatic carbocycles. The Bertz CT molecular complexity index is 1090. The van der Waals surface area contributed by atoms with E-state index in [0.29, 0.717) is 12.0 Å².